The van der Waals surface area contributed by atoms with Crippen LogP contribution in [0.4, 0.5) is 0 Å². The lowest BCUT2D eigenvalue weighted by molar-refractivity contribution is -0.135. The lowest BCUT2D eigenvalue weighted by atomic mass is 10.2. The molecule has 1 rings (SSSR count). The molecule has 0 aromatic heterocycles. The molecular weight excluding hydrogens is 298 g/mol. The van der Waals surface area contributed by atoms with Crippen molar-refractivity contribution in [2.24, 2.45) is 0 Å². The maximum Gasteiger partial charge on any atom is 0.248 e. The summed E-state index contributed by atoms with van der Waals surface area (Å²) in [6.07, 6.45) is 0. The summed E-state index contributed by atoms with van der Waals surface area (Å²) in [5, 5.41) is 0. The predicted octanol–water partition coefficient (Wildman–Crippen LogP) is 2.07. The van der Waals surface area contributed by atoms with Crippen LogP contribution in [0, 0.1) is 0 Å². The normalized spacial score (nSPS) is 10.4. The lowest BCUT2D eigenvalue weighted by Gasteiger charge is -2.18. The SMILES string of the molecule is COCCOCC(=O)N(C)Cc1ccccc1Br. The fourth-order valence-corrected chi connectivity index (χ4v) is 1.79. The van der Waals surface area contributed by atoms with Gasteiger partial charge in [-0.05, 0) is 11.6 Å². The Morgan fingerprint density at radius 1 is 1.33 bits per heavy atom. The second kappa shape index (κ2) is 8.24. The number of hydrogen-bond donors (Lipinski definition) is 0. The number of benzene rings is 1. The molecule has 18 heavy (non-hydrogen) atoms. The number of carbonyl (C=O) groups excluding carboxylic acids is 1. The van der Waals surface area contributed by atoms with Crippen LogP contribution in [0.25, 0.3) is 0 Å². The molecule has 0 bridgehead atoms. The molecule has 0 saturated carbocycles. The number of amides is 1. The molecule has 0 spiro atoms. The molecule has 0 aliphatic carbocycles. The summed E-state index contributed by atoms with van der Waals surface area (Å²) >= 11 is 3.46. The smallest absolute Gasteiger partial charge is 0.248 e. The zero-order valence-corrected chi connectivity index (χ0v) is 12.3. The van der Waals surface area contributed by atoms with Crippen LogP contribution in [-0.4, -0.2) is 44.8 Å². The van der Waals surface area contributed by atoms with Gasteiger partial charge in [0.25, 0.3) is 0 Å². The van der Waals surface area contributed by atoms with E-state index in [9.17, 15) is 4.79 Å². The standard InChI is InChI=1S/C13H18BrNO3/c1-15(13(16)10-18-8-7-17-2)9-11-5-3-4-6-12(11)14/h3-6H,7-10H2,1-2H3. The summed E-state index contributed by atoms with van der Waals surface area (Å²) in [5.74, 6) is -0.0399. The molecule has 1 aromatic carbocycles. The highest BCUT2D eigenvalue weighted by molar-refractivity contribution is 9.10. The van der Waals surface area contributed by atoms with E-state index in [1.165, 1.54) is 0 Å². The Hall–Kier alpha value is -0.910. The Morgan fingerprint density at radius 2 is 2.06 bits per heavy atom. The van der Waals surface area contributed by atoms with Crippen LogP contribution in [0.2, 0.25) is 0 Å². The number of rotatable bonds is 7. The highest BCUT2D eigenvalue weighted by Crippen LogP contribution is 2.17. The van der Waals surface area contributed by atoms with Gasteiger partial charge in [-0.25, -0.2) is 0 Å². The third kappa shape index (κ3) is 5.16. The minimum Gasteiger partial charge on any atom is -0.382 e. The van der Waals surface area contributed by atoms with Gasteiger partial charge in [0.2, 0.25) is 5.91 Å². The molecule has 100 valence electrons. The second-order valence-corrected chi connectivity index (χ2v) is 4.74. The van der Waals surface area contributed by atoms with Gasteiger partial charge >= 0.3 is 0 Å². The molecule has 1 amide bonds. The van der Waals surface area contributed by atoms with Crippen molar-refractivity contribution in [1.29, 1.82) is 0 Å². The number of carbonyl (C=O) groups is 1. The number of ether oxygens (including phenoxy) is 2. The Morgan fingerprint density at radius 3 is 2.72 bits per heavy atom. The number of likely N-dealkylation sites (N-methyl/N-ethyl adjacent to an activating group) is 1. The minimum absolute atomic E-state index is 0.0399. The average Bonchev–Trinajstić information content (AvgIpc) is 2.37. The summed E-state index contributed by atoms with van der Waals surface area (Å²) in [6, 6.07) is 7.85. The topological polar surface area (TPSA) is 38.8 Å². The molecule has 1 aromatic rings. The summed E-state index contributed by atoms with van der Waals surface area (Å²) in [5.41, 5.74) is 1.07. The predicted molar refractivity (Wildman–Crippen MR) is 73.3 cm³/mol. The van der Waals surface area contributed by atoms with Gasteiger partial charge in [-0.3, -0.25) is 4.79 Å². The van der Waals surface area contributed by atoms with E-state index >= 15 is 0 Å². The van der Waals surface area contributed by atoms with Crippen LogP contribution in [0.3, 0.4) is 0 Å². The summed E-state index contributed by atoms with van der Waals surface area (Å²) < 4.78 is 11.0. The van der Waals surface area contributed by atoms with Gasteiger partial charge in [-0.15, -0.1) is 0 Å². The van der Waals surface area contributed by atoms with Crippen LogP contribution in [0.15, 0.2) is 28.7 Å². The van der Waals surface area contributed by atoms with Crippen molar-refractivity contribution in [3.8, 4) is 0 Å². The fourth-order valence-electron chi connectivity index (χ4n) is 1.38. The zero-order valence-electron chi connectivity index (χ0n) is 10.7. The van der Waals surface area contributed by atoms with Crippen molar-refractivity contribution in [2.45, 2.75) is 6.54 Å². The average molecular weight is 316 g/mol. The van der Waals surface area contributed by atoms with Crippen LogP contribution < -0.4 is 0 Å². The van der Waals surface area contributed by atoms with Crippen molar-refractivity contribution >= 4 is 21.8 Å². The summed E-state index contributed by atoms with van der Waals surface area (Å²) in [4.78, 5) is 13.4. The summed E-state index contributed by atoms with van der Waals surface area (Å²) in [7, 11) is 3.37. The van der Waals surface area contributed by atoms with E-state index in [-0.39, 0.29) is 12.5 Å². The van der Waals surface area contributed by atoms with Gasteiger partial charge < -0.3 is 14.4 Å². The van der Waals surface area contributed by atoms with E-state index in [1.54, 1.807) is 19.1 Å². The van der Waals surface area contributed by atoms with E-state index in [0.717, 1.165) is 10.0 Å². The van der Waals surface area contributed by atoms with Crippen LogP contribution in [0.5, 0.6) is 0 Å². The first-order valence-electron chi connectivity index (χ1n) is 5.69. The van der Waals surface area contributed by atoms with Crippen molar-refractivity contribution in [2.75, 3.05) is 34.0 Å². The van der Waals surface area contributed by atoms with Crippen molar-refractivity contribution in [1.82, 2.24) is 4.90 Å². The third-order valence-corrected chi connectivity index (χ3v) is 3.22. The van der Waals surface area contributed by atoms with Gasteiger partial charge in [0, 0.05) is 25.2 Å². The molecule has 0 heterocycles. The van der Waals surface area contributed by atoms with Crippen LogP contribution in [-0.2, 0) is 20.8 Å². The van der Waals surface area contributed by atoms with Gasteiger partial charge in [0.05, 0.1) is 13.2 Å². The molecule has 4 nitrogen and oxygen atoms in total. The monoisotopic (exact) mass is 315 g/mol. The Balaban J connectivity index is 2.38. The molecule has 0 aliphatic heterocycles. The quantitative estimate of drug-likeness (QED) is 0.723. The molecule has 0 unspecified atom stereocenters. The zero-order chi connectivity index (χ0) is 13.4. The highest BCUT2D eigenvalue weighted by Gasteiger charge is 2.10. The molecule has 0 saturated heterocycles. The first kappa shape index (κ1) is 15.1. The van der Waals surface area contributed by atoms with Gasteiger partial charge in [0.1, 0.15) is 6.61 Å². The Labute approximate surface area is 116 Å². The first-order valence-corrected chi connectivity index (χ1v) is 6.48. The van der Waals surface area contributed by atoms with Crippen molar-refractivity contribution in [3.63, 3.8) is 0 Å². The molecule has 0 atom stereocenters. The Kier molecular flexibility index (Phi) is 6.93. The van der Waals surface area contributed by atoms with Gasteiger partial charge in [0.15, 0.2) is 0 Å². The van der Waals surface area contributed by atoms with E-state index in [1.807, 2.05) is 24.3 Å². The maximum absolute atomic E-state index is 11.8. The number of hydrogen-bond acceptors (Lipinski definition) is 3. The number of methoxy groups -OCH3 is 1. The number of nitrogens with zero attached hydrogens (tertiary/aromatic N) is 1. The van der Waals surface area contributed by atoms with Crippen LogP contribution in [0.1, 0.15) is 5.56 Å². The molecule has 5 heteroatoms. The van der Waals surface area contributed by atoms with Gasteiger partial charge in [-0.1, -0.05) is 34.1 Å². The molecule has 0 aliphatic rings. The van der Waals surface area contributed by atoms with E-state index < -0.39 is 0 Å². The van der Waals surface area contributed by atoms with Gasteiger partial charge in [-0.2, -0.15) is 0 Å². The lowest BCUT2D eigenvalue weighted by Crippen LogP contribution is -2.30. The third-order valence-electron chi connectivity index (χ3n) is 2.45. The van der Waals surface area contributed by atoms with Crippen molar-refractivity contribution < 1.29 is 14.3 Å². The van der Waals surface area contributed by atoms with E-state index in [0.29, 0.717) is 19.8 Å². The molecule has 0 fully saturated rings. The largest absolute Gasteiger partial charge is 0.382 e. The molecule has 0 radical (unpaired) electrons. The Bertz CT molecular complexity index is 384. The first-order chi connectivity index (χ1) is 8.65. The van der Waals surface area contributed by atoms with E-state index in [2.05, 4.69) is 15.9 Å². The second-order valence-electron chi connectivity index (χ2n) is 3.89. The van der Waals surface area contributed by atoms with E-state index in [4.69, 9.17) is 9.47 Å². The number of halogens is 1. The minimum atomic E-state index is -0.0399. The van der Waals surface area contributed by atoms with Crippen molar-refractivity contribution in [3.05, 3.63) is 34.3 Å². The molecule has 0 N–H and O–H groups in total. The molecular formula is C13H18BrNO3. The maximum atomic E-state index is 11.8. The highest BCUT2D eigenvalue weighted by atomic mass is 79.9. The summed E-state index contributed by atoms with van der Waals surface area (Å²) in [6.45, 7) is 1.59. The fraction of sp³-hybridized carbons (Fsp3) is 0.462. The van der Waals surface area contributed by atoms with Crippen LogP contribution >= 0.6 is 15.9 Å².